The highest BCUT2D eigenvalue weighted by Crippen LogP contribution is 2.28. The molecule has 14 heavy (non-hydrogen) atoms. The summed E-state index contributed by atoms with van der Waals surface area (Å²) >= 11 is 0. The SMILES string of the molecule is N[C@H]1COc2c(cccc2C(=O)O)C1. The van der Waals surface area contributed by atoms with Crippen molar-refractivity contribution in [3.8, 4) is 5.75 Å². The lowest BCUT2D eigenvalue weighted by Crippen LogP contribution is -2.34. The van der Waals surface area contributed by atoms with Crippen LogP contribution in [0.3, 0.4) is 0 Å². The number of carbonyl (C=O) groups is 1. The molecule has 1 aliphatic rings. The zero-order valence-corrected chi connectivity index (χ0v) is 7.56. The quantitative estimate of drug-likeness (QED) is 0.686. The van der Waals surface area contributed by atoms with Gasteiger partial charge in [0.2, 0.25) is 0 Å². The lowest BCUT2D eigenvalue weighted by Gasteiger charge is -2.23. The molecule has 1 heterocycles. The number of rotatable bonds is 1. The number of carboxylic acids is 1. The number of nitrogens with two attached hydrogens (primary N) is 1. The minimum absolute atomic E-state index is 0.0356. The van der Waals surface area contributed by atoms with Gasteiger partial charge in [0.05, 0.1) is 0 Å². The number of benzene rings is 1. The first-order chi connectivity index (χ1) is 6.68. The molecule has 0 spiro atoms. The summed E-state index contributed by atoms with van der Waals surface area (Å²) < 4.78 is 5.32. The van der Waals surface area contributed by atoms with Crippen LogP contribution in [0.25, 0.3) is 0 Å². The molecule has 1 aromatic rings. The fourth-order valence-corrected chi connectivity index (χ4v) is 1.62. The van der Waals surface area contributed by atoms with E-state index in [-0.39, 0.29) is 11.6 Å². The molecule has 0 aromatic heterocycles. The molecule has 0 radical (unpaired) electrons. The van der Waals surface area contributed by atoms with Gasteiger partial charge in [-0.2, -0.15) is 0 Å². The van der Waals surface area contributed by atoms with E-state index in [0.29, 0.717) is 18.8 Å². The van der Waals surface area contributed by atoms with Crippen molar-refractivity contribution in [1.29, 1.82) is 0 Å². The van der Waals surface area contributed by atoms with Crippen molar-refractivity contribution in [3.63, 3.8) is 0 Å². The van der Waals surface area contributed by atoms with Crippen molar-refractivity contribution in [3.05, 3.63) is 29.3 Å². The van der Waals surface area contributed by atoms with E-state index in [1.165, 1.54) is 6.07 Å². The van der Waals surface area contributed by atoms with Crippen molar-refractivity contribution in [2.24, 2.45) is 5.73 Å². The molecule has 1 aliphatic heterocycles. The summed E-state index contributed by atoms with van der Waals surface area (Å²) in [4.78, 5) is 10.8. The number of aromatic carboxylic acids is 1. The third kappa shape index (κ3) is 1.44. The van der Waals surface area contributed by atoms with Crippen LogP contribution in [0.5, 0.6) is 5.75 Å². The van der Waals surface area contributed by atoms with Crippen LogP contribution in [0.15, 0.2) is 18.2 Å². The molecule has 1 atom stereocenters. The molecule has 0 saturated carbocycles. The van der Waals surface area contributed by atoms with E-state index in [4.69, 9.17) is 15.6 Å². The Labute approximate surface area is 81.3 Å². The zero-order valence-electron chi connectivity index (χ0n) is 7.56. The smallest absolute Gasteiger partial charge is 0.339 e. The third-order valence-corrected chi connectivity index (χ3v) is 2.25. The van der Waals surface area contributed by atoms with Gasteiger partial charge in [0.1, 0.15) is 17.9 Å². The molecular formula is C10H11NO3. The normalized spacial score (nSPS) is 19.6. The van der Waals surface area contributed by atoms with Crippen LogP contribution in [-0.2, 0) is 6.42 Å². The van der Waals surface area contributed by atoms with Crippen molar-refractivity contribution in [1.82, 2.24) is 0 Å². The largest absolute Gasteiger partial charge is 0.491 e. The second kappa shape index (κ2) is 3.31. The highest BCUT2D eigenvalue weighted by atomic mass is 16.5. The molecule has 2 rings (SSSR count). The summed E-state index contributed by atoms with van der Waals surface area (Å²) in [7, 11) is 0. The number of hydrogen-bond donors (Lipinski definition) is 2. The Morgan fingerprint density at radius 2 is 2.36 bits per heavy atom. The van der Waals surface area contributed by atoms with Crippen molar-refractivity contribution >= 4 is 5.97 Å². The molecule has 0 unspecified atom stereocenters. The predicted molar refractivity (Wildman–Crippen MR) is 50.6 cm³/mol. The summed E-state index contributed by atoms with van der Waals surface area (Å²) in [6.07, 6.45) is 0.677. The maximum Gasteiger partial charge on any atom is 0.339 e. The molecule has 0 aliphatic carbocycles. The standard InChI is InChI=1S/C10H11NO3/c11-7-4-6-2-1-3-8(10(12)13)9(6)14-5-7/h1-3,7H,4-5,11H2,(H,12,13)/t7-/m1/s1. The minimum atomic E-state index is -0.961. The van der Waals surface area contributed by atoms with E-state index in [0.717, 1.165) is 5.56 Å². The number of para-hydroxylation sites is 1. The molecule has 0 bridgehead atoms. The number of hydrogen-bond acceptors (Lipinski definition) is 3. The van der Waals surface area contributed by atoms with E-state index < -0.39 is 5.97 Å². The summed E-state index contributed by atoms with van der Waals surface area (Å²) in [5, 5.41) is 8.90. The summed E-state index contributed by atoms with van der Waals surface area (Å²) in [5.41, 5.74) is 6.80. The van der Waals surface area contributed by atoms with Crippen LogP contribution < -0.4 is 10.5 Å². The first-order valence-corrected chi connectivity index (χ1v) is 4.42. The Kier molecular flexibility index (Phi) is 2.13. The Bertz CT molecular complexity index is 376. The lowest BCUT2D eigenvalue weighted by atomic mass is 10.00. The third-order valence-electron chi connectivity index (χ3n) is 2.25. The van der Waals surface area contributed by atoms with Crippen LogP contribution in [0.1, 0.15) is 15.9 Å². The van der Waals surface area contributed by atoms with E-state index in [1.807, 2.05) is 6.07 Å². The Hall–Kier alpha value is -1.55. The predicted octanol–water partition coefficient (Wildman–Crippen LogP) is 0.647. The van der Waals surface area contributed by atoms with Crippen molar-refractivity contribution in [2.75, 3.05) is 6.61 Å². The number of ether oxygens (including phenoxy) is 1. The Morgan fingerprint density at radius 3 is 3.07 bits per heavy atom. The fraction of sp³-hybridized carbons (Fsp3) is 0.300. The maximum atomic E-state index is 10.8. The second-order valence-electron chi connectivity index (χ2n) is 3.37. The monoisotopic (exact) mass is 193 g/mol. The summed E-state index contributed by atoms with van der Waals surface area (Å²) in [6.45, 7) is 0.386. The van der Waals surface area contributed by atoms with Gasteiger partial charge < -0.3 is 15.6 Å². The second-order valence-corrected chi connectivity index (χ2v) is 3.37. The van der Waals surface area contributed by atoms with E-state index in [2.05, 4.69) is 0 Å². The van der Waals surface area contributed by atoms with Crippen LogP contribution in [0.2, 0.25) is 0 Å². The lowest BCUT2D eigenvalue weighted by molar-refractivity contribution is 0.0690. The topological polar surface area (TPSA) is 72.5 Å². The van der Waals surface area contributed by atoms with Gasteiger partial charge in [0, 0.05) is 6.04 Å². The highest BCUT2D eigenvalue weighted by Gasteiger charge is 2.21. The molecule has 4 heteroatoms. The molecule has 0 fully saturated rings. The maximum absolute atomic E-state index is 10.8. The molecule has 0 amide bonds. The Balaban J connectivity index is 2.46. The number of fused-ring (bicyclic) bond motifs is 1. The van der Waals surface area contributed by atoms with Gasteiger partial charge in [-0.25, -0.2) is 4.79 Å². The van der Waals surface area contributed by atoms with Gasteiger partial charge in [-0.05, 0) is 18.1 Å². The molecule has 74 valence electrons. The van der Waals surface area contributed by atoms with E-state index in [9.17, 15) is 4.79 Å². The minimum Gasteiger partial charge on any atom is -0.491 e. The van der Waals surface area contributed by atoms with Gasteiger partial charge in [0.25, 0.3) is 0 Å². The van der Waals surface area contributed by atoms with E-state index >= 15 is 0 Å². The first-order valence-electron chi connectivity index (χ1n) is 4.42. The average molecular weight is 193 g/mol. The first kappa shape index (κ1) is 9.02. The van der Waals surface area contributed by atoms with Gasteiger partial charge in [0.15, 0.2) is 0 Å². The summed E-state index contributed by atoms with van der Waals surface area (Å²) in [5.74, 6) is -0.487. The van der Waals surface area contributed by atoms with Gasteiger partial charge in [-0.3, -0.25) is 0 Å². The van der Waals surface area contributed by atoms with Crippen molar-refractivity contribution in [2.45, 2.75) is 12.5 Å². The molecular weight excluding hydrogens is 182 g/mol. The zero-order chi connectivity index (χ0) is 10.1. The van der Waals surface area contributed by atoms with E-state index in [1.54, 1.807) is 6.07 Å². The molecule has 3 N–H and O–H groups in total. The van der Waals surface area contributed by atoms with Crippen LogP contribution in [-0.4, -0.2) is 23.7 Å². The fourth-order valence-electron chi connectivity index (χ4n) is 1.62. The molecule has 0 saturated heterocycles. The van der Waals surface area contributed by atoms with Gasteiger partial charge in [-0.1, -0.05) is 12.1 Å². The van der Waals surface area contributed by atoms with Crippen LogP contribution in [0.4, 0.5) is 0 Å². The molecule has 4 nitrogen and oxygen atoms in total. The van der Waals surface area contributed by atoms with Crippen LogP contribution in [0, 0.1) is 0 Å². The van der Waals surface area contributed by atoms with Crippen molar-refractivity contribution < 1.29 is 14.6 Å². The average Bonchev–Trinajstić information content (AvgIpc) is 2.16. The highest BCUT2D eigenvalue weighted by molar-refractivity contribution is 5.91. The molecule has 1 aromatic carbocycles. The van der Waals surface area contributed by atoms with Gasteiger partial charge >= 0.3 is 5.97 Å². The summed E-state index contributed by atoms with van der Waals surface area (Å²) in [6, 6.07) is 5.06. The van der Waals surface area contributed by atoms with Crippen LogP contribution >= 0.6 is 0 Å². The Morgan fingerprint density at radius 1 is 1.57 bits per heavy atom. The van der Waals surface area contributed by atoms with Gasteiger partial charge in [-0.15, -0.1) is 0 Å². The number of carboxylic acid groups (broad SMARTS) is 1.